The molecule has 4 rings (SSSR count). The average Bonchev–Trinajstić information content (AvgIpc) is 2.40. The van der Waals surface area contributed by atoms with E-state index in [9.17, 15) is 22.2 Å². The lowest BCUT2D eigenvalue weighted by Gasteiger charge is -2.42. The molecule has 126 valence electrons. The van der Waals surface area contributed by atoms with Gasteiger partial charge in [-0.05, 0) is 12.1 Å². The van der Waals surface area contributed by atoms with E-state index in [2.05, 4.69) is 5.32 Å². The van der Waals surface area contributed by atoms with Crippen molar-refractivity contribution >= 4 is 32.9 Å². The lowest BCUT2D eigenvalue weighted by Crippen LogP contribution is -2.72. The highest BCUT2D eigenvalue weighted by Crippen LogP contribution is 2.32. The maximum absolute atomic E-state index is 11.3. The van der Waals surface area contributed by atoms with Gasteiger partial charge < -0.3 is 10.1 Å². The van der Waals surface area contributed by atoms with Gasteiger partial charge in [-0.3, -0.25) is 18.4 Å². The molecule has 11 heteroatoms. The Bertz CT molecular complexity index is 753. The molecular formula is C12H14N2O7S2. The van der Waals surface area contributed by atoms with Crippen LogP contribution in [0.5, 0.6) is 11.5 Å². The number of nitrogens with one attached hydrogen (secondary N) is 1. The van der Waals surface area contributed by atoms with Crippen LogP contribution in [0.2, 0.25) is 0 Å². The number of amides is 2. The molecule has 1 saturated heterocycles. The van der Waals surface area contributed by atoms with Gasteiger partial charge in [-0.25, -0.2) is 0 Å². The first kappa shape index (κ1) is 17.4. The average molecular weight is 362 g/mol. The Kier molecular flexibility index (Phi) is 4.73. The molecule has 1 unspecified atom stereocenters. The summed E-state index contributed by atoms with van der Waals surface area (Å²) in [5.41, 5.74) is 0. The number of carbonyl (C=O) groups excluding carboxylic acids is 2. The molecule has 1 aromatic carbocycles. The van der Waals surface area contributed by atoms with Crippen LogP contribution in [0, 0.1) is 0 Å². The van der Waals surface area contributed by atoms with Gasteiger partial charge in [0.2, 0.25) is 5.91 Å². The fraction of sp³-hybridized carbons (Fsp3) is 0.333. The third-order valence-corrected chi connectivity index (χ3v) is 5.19. The SMILES string of the molecule is CC(=O)N[C@H]1C(=O)N(S(=O)(=O)O)[C@@H]1S(C)=O.c1cc2cc(c1)O2. The summed E-state index contributed by atoms with van der Waals surface area (Å²) < 4.78 is 46.6. The van der Waals surface area contributed by atoms with Gasteiger partial charge in [0, 0.05) is 30.0 Å². The van der Waals surface area contributed by atoms with Crippen molar-refractivity contribution in [3.05, 3.63) is 24.3 Å². The second kappa shape index (κ2) is 6.26. The van der Waals surface area contributed by atoms with E-state index >= 15 is 0 Å². The van der Waals surface area contributed by atoms with Gasteiger partial charge in [0.1, 0.15) is 17.5 Å². The molecule has 1 fully saturated rings. The minimum atomic E-state index is -4.74. The first-order chi connectivity index (χ1) is 10.6. The molecule has 0 radical (unpaired) electrons. The predicted molar refractivity (Wildman–Crippen MR) is 80.4 cm³/mol. The Morgan fingerprint density at radius 1 is 1.39 bits per heavy atom. The van der Waals surface area contributed by atoms with Crippen molar-refractivity contribution in [3.63, 3.8) is 0 Å². The number of benzene rings is 1. The molecule has 1 aromatic rings. The van der Waals surface area contributed by atoms with E-state index in [1.807, 2.05) is 24.3 Å². The van der Waals surface area contributed by atoms with Crippen LogP contribution in [-0.2, 0) is 30.7 Å². The van der Waals surface area contributed by atoms with E-state index < -0.39 is 44.3 Å². The van der Waals surface area contributed by atoms with Crippen molar-refractivity contribution in [2.24, 2.45) is 0 Å². The van der Waals surface area contributed by atoms with Gasteiger partial charge >= 0.3 is 10.3 Å². The fourth-order valence-corrected chi connectivity index (χ4v) is 4.40. The Balaban J connectivity index is 0.000000223. The molecule has 3 heterocycles. The highest BCUT2D eigenvalue weighted by atomic mass is 32.2. The Labute approximate surface area is 134 Å². The lowest BCUT2D eigenvalue weighted by atomic mass is 10.1. The van der Waals surface area contributed by atoms with Crippen LogP contribution in [0.1, 0.15) is 6.92 Å². The summed E-state index contributed by atoms with van der Waals surface area (Å²) in [5.74, 6) is 0.414. The second-order valence-electron chi connectivity index (χ2n) is 4.76. The van der Waals surface area contributed by atoms with E-state index in [0.717, 1.165) is 18.4 Å². The summed E-state index contributed by atoms with van der Waals surface area (Å²) in [6, 6.07) is 6.68. The van der Waals surface area contributed by atoms with E-state index in [-0.39, 0.29) is 4.31 Å². The standard InChI is InChI=1S/C6H10N2O6S2.C6H4O/c1-3(9)7-4-5(10)8(16(12,13)14)6(4)15(2)11;1-2-5-4-6(3-1)7-5/h4,6H,1-2H3,(H,7,9)(H,12,13,14);1-4H/t4-,6+,15?;/m0./s1. The van der Waals surface area contributed by atoms with Crippen LogP contribution < -0.4 is 10.1 Å². The largest absolute Gasteiger partial charge is 0.457 e. The van der Waals surface area contributed by atoms with Crippen molar-refractivity contribution in [2.75, 3.05) is 6.26 Å². The number of carbonyl (C=O) groups is 2. The number of ether oxygens (including phenoxy) is 1. The topological polar surface area (TPSA) is 130 Å². The normalized spacial score (nSPS) is 22.6. The summed E-state index contributed by atoms with van der Waals surface area (Å²) >= 11 is 0. The highest BCUT2D eigenvalue weighted by molar-refractivity contribution is 7.88. The van der Waals surface area contributed by atoms with Crippen molar-refractivity contribution in [3.8, 4) is 11.5 Å². The zero-order chi connectivity index (χ0) is 17.4. The van der Waals surface area contributed by atoms with Crippen LogP contribution >= 0.6 is 0 Å². The minimum Gasteiger partial charge on any atom is -0.457 e. The zero-order valence-electron chi connectivity index (χ0n) is 12.1. The van der Waals surface area contributed by atoms with Crippen LogP contribution in [0.25, 0.3) is 0 Å². The summed E-state index contributed by atoms with van der Waals surface area (Å²) in [5, 5.41) is 0.906. The second-order valence-corrected chi connectivity index (χ2v) is 7.53. The molecule has 3 atom stereocenters. The molecule has 0 aliphatic carbocycles. The lowest BCUT2D eigenvalue weighted by molar-refractivity contribution is -0.141. The van der Waals surface area contributed by atoms with Crippen molar-refractivity contribution in [1.82, 2.24) is 9.62 Å². The van der Waals surface area contributed by atoms with Crippen molar-refractivity contribution in [1.29, 1.82) is 0 Å². The number of fused-ring (bicyclic) bond motifs is 2. The van der Waals surface area contributed by atoms with E-state index in [1.54, 1.807) is 0 Å². The molecule has 2 N–H and O–H groups in total. The molecule has 2 bridgehead atoms. The fourth-order valence-electron chi connectivity index (χ4n) is 2.04. The highest BCUT2D eigenvalue weighted by Gasteiger charge is 2.55. The van der Waals surface area contributed by atoms with Gasteiger partial charge in [-0.1, -0.05) is 6.07 Å². The van der Waals surface area contributed by atoms with Crippen LogP contribution in [-0.4, -0.2) is 51.0 Å². The first-order valence-corrected chi connectivity index (χ1v) is 9.31. The molecule has 23 heavy (non-hydrogen) atoms. The summed E-state index contributed by atoms with van der Waals surface area (Å²) in [6.45, 7) is 1.14. The van der Waals surface area contributed by atoms with Gasteiger partial charge in [0.05, 0.1) is 0 Å². The van der Waals surface area contributed by atoms with Gasteiger partial charge in [-0.15, -0.1) is 0 Å². The summed E-state index contributed by atoms with van der Waals surface area (Å²) in [4.78, 5) is 22.0. The quantitative estimate of drug-likeness (QED) is 0.563. The van der Waals surface area contributed by atoms with Crippen LogP contribution in [0.3, 0.4) is 0 Å². The van der Waals surface area contributed by atoms with Gasteiger partial charge in [0.25, 0.3) is 5.91 Å². The van der Waals surface area contributed by atoms with Gasteiger partial charge in [-0.2, -0.15) is 12.7 Å². The maximum atomic E-state index is 11.3. The monoisotopic (exact) mass is 362 g/mol. The molecule has 0 aromatic heterocycles. The maximum Gasteiger partial charge on any atom is 0.363 e. The Morgan fingerprint density at radius 2 is 1.91 bits per heavy atom. The number of β-lactam (4-membered cyclic amide) rings is 1. The molecule has 2 amide bonds. The number of rotatable bonds is 3. The molecule has 9 nitrogen and oxygen atoms in total. The molecule has 3 aliphatic rings. The number of hydrogen-bond donors (Lipinski definition) is 2. The smallest absolute Gasteiger partial charge is 0.363 e. The van der Waals surface area contributed by atoms with Gasteiger partial charge in [0.15, 0.2) is 5.37 Å². The van der Waals surface area contributed by atoms with Crippen LogP contribution in [0.4, 0.5) is 0 Å². The molecular weight excluding hydrogens is 348 g/mol. The number of nitrogens with zero attached hydrogens (tertiary/aromatic N) is 1. The third-order valence-electron chi connectivity index (χ3n) is 2.99. The Hall–Kier alpha value is -1.98. The predicted octanol–water partition coefficient (Wildman–Crippen LogP) is -0.367. The minimum absolute atomic E-state index is 0.101. The van der Waals surface area contributed by atoms with E-state index in [4.69, 9.17) is 9.29 Å². The van der Waals surface area contributed by atoms with Crippen LogP contribution in [0.15, 0.2) is 24.3 Å². The van der Waals surface area contributed by atoms with E-state index in [0.29, 0.717) is 0 Å². The molecule has 3 aliphatic heterocycles. The number of hydrogen-bond acceptors (Lipinski definition) is 6. The molecule has 0 saturated carbocycles. The van der Waals surface area contributed by atoms with Crippen molar-refractivity contribution < 1.29 is 31.5 Å². The third kappa shape index (κ3) is 3.68. The Morgan fingerprint density at radius 3 is 2.17 bits per heavy atom. The van der Waals surface area contributed by atoms with E-state index in [1.165, 1.54) is 6.26 Å². The zero-order valence-corrected chi connectivity index (χ0v) is 13.8. The summed E-state index contributed by atoms with van der Waals surface area (Å²) in [7, 11) is -6.45. The summed E-state index contributed by atoms with van der Waals surface area (Å²) in [6.07, 6.45) is 1.17. The van der Waals surface area contributed by atoms with Crippen molar-refractivity contribution in [2.45, 2.75) is 18.3 Å². The molecule has 0 spiro atoms. The first-order valence-electron chi connectivity index (χ1n) is 6.29.